The lowest BCUT2D eigenvalue weighted by Gasteiger charge is -2.25. The number of halogens is 1. The van der Waals surface area contributed by atoms with Crippen molar-refractivity contribution in [1.29, 1.82) is 5.26 Å². The normalized spacial score (nSPS) is 21.1. The summed E-state index contributed by atoms with van der Waals surface area (Å²) in [7, 11) is 1.69. The predicted molar refractivity (Wildman–Crippen MR) is 83.8 cm³/mol. The summed E-state index contributed by atoms with van der Waals surface area (Å²) in [6, 6.07) is 8.31. The number of carbonyl (C=O) groups is 1. The average Bonchev–Trinajstić information content (AvgIpc) is 2.91. The van der Waals surface area contributed by atoms with Gasteiger partial charge in [-0.05, 0) is 24.1 Å². The molecule has 1 heterocycles. The zero-order valence-corrected chi connectivity index (χ0v) is 13.3. The molecule has 0 radical (unpaired) electrons. The Morgan fingerprint density at radius 1 is 1.48 bits per heavy atom. The number of β-amino-alcohol motifs (C(OH)–C–C–N with tert-alkyl or cyclic N) is 1. The Bertz CT molecular complexity index is 570. The van der Waals surface area contributed by atoms with Crippen LogP contribution in [-0.4, -0.2) is 53.6 Å². The Morgan fingerprint density at radius 3 is 2.83 bits per heavy atom. The van der Waals surface area contributed by atoms with Crippen LogP contribution in [0.25, 0.3) is 0 Å². The van der Waals surface area contributed by atoms with Gasteiger partial charge in [0.25, 0.3) is 0 Å². The fourth-order valence-corrected chi connectivity index (χ4v) is 2.93. The number of hydrogen-bond acceptors (Lipinski definition) is 4. The molecule has 2 atom stereocenters. The van der Waals surface area contributed by atoms with Crippen molar-refractivity contribution in [2.45, 2.75) is 31.4 Å². The van der Waals surface area contributed by atoms with E-state index < -0.39 is 6.10 Å². The third kappa shape index (κ3) is 4.75. The molecule has 1 amide bonds. The van der Waals surface area contributed by atoms with E-state index in [0.29, 0.717) is 38.9 Å². The summed E-state index contributed by atoms with van der Waals surface area (Å²) in [5, 5.41) is 18.5. The minimum atomic E-state index is -0.434. The second-order valence-corrected chi connectivity index (χ2v) is 5.93. The number of amides is 1. The molecule has 1 fully saturated rings. The highest BCUT2D eigenvalue weighted by molar-refractivity contribution is 5.76. The molecule has 0 aromatic heterocycles. The lowest BCUT2D eigenvalue weighted by atomic mass is 10.0. The van der Waals surface area contributed by atoms with Crippen LogP contribution in [0, 0.1) is 17.1 Å². The van der Waals surface area contributed by atoms with E-state index in [-0.39, 0.29) is 17.8 Å². The molecule has 23 heavy (non-hydrogen) atoms. The van der Waals surface area contributed by atoms with Crippen LogP contribution >= 0.6 is 0 Å². The Hall–Kier alpha value is -1.97. The molecule has 1 aliphatic rings. The number of nitrogens with zero attached hydrogens (tertiary/aromatic N) is 3. The van der Waals surface area contributed by atoms with Crippen molar-refractivity contribution in [3.63, 3.8) is 0 Å². The van der Waals surface area contributed by atoms with Crippen molar-refractivity contribution < 1.29 is 14.3 Å². The molecule has 0 saturated carbocycles. The monoisotopic (exact) mass is 319 g/mol. The van der Waals surface area contributed by atoms with Crippen LogP contribution in [0.2, 0.25) is 0 Å². The first-order valence-electron chi connectivity index (χ1n) is 7.79. The smallest absolute Gasteiger partial charge is 0.223 e. The third-order valence-electron chi connectivity index (χ3n) is 4.23. The summed E-state index contributed by atoms with van der Waals surface area (Å²) in [5.41, 5.74) is 0.952. The first kappa shape index (κ1) is 17.4. The highest BCUT2D eigenvalue weighted by Gasteiger charge is 2.32. The van der Waals surface area contributed by atoms with Gasteiger partial charge in [-0.15, -0.1) is 0 Å². The molecular weight excluding hydrogens is 297 g/mol. The molecule has 1 aromatic rings. The summed E-state index contributed by atoms with van der Waals surface area (Å²) in [6.45, 7) is 1.48. The number of hydrogen-bond donors (Lipinski definition) is 1. The maximum Gasteiger partial charge on any atom is 0.223 e. The highest BCUT2D eigenvalue weighted by Crippen LogP contribution is 2.32. The van der Waals surface area contributed by atoms with Crippen molar-refractivity contribution in [1.82, 2.24) is 9.80 Å². The Kier molecular flexibility index (Phi) is 6.08. The Morgan fingerprint density at radius 2 is 2.17 bits per heavy atom. The minimum absolute atomic E-state index is 0.00261. The van der Waals surface area contributed by atoms with Crippen LogP contribution < -0.4 is 0 Å². The molecule has 1 aromatic carbocycles. The number of carbonyl (C=O) groups excluding carboxylic acids is 1. The zero-order valence-electron chi connectivity index (χ0n) is 13.3. The van der Waals surface area contributed by atoms with Gasteiger partial charge in [0, 0.05) is 39.1 Å². The lowest BCUT2D eigenvalue weighted by molar-refractivity contribution is -0.130. The molecule has 0 bridgehead atoms. The lowest BCUT2D eigenvalue weighted by Crippen LogP contribution is -2.33. The van der Waals surface area contributed by atoms with E-state index >= 15 is 0 Å². The largest absolute Gasteiger partial charge is 0.392 e. The molecule has 0 unspecified atom stereocenters. The number of benzene rings is 1. The minimum Gasteiger partial charge on any atom is -0.392 e. The van der Waals surface area contributed by atoms with Gasteiger partial charge in [-0.25, -0.2) is 4.39 Å². The second-order valence-electron chi connectivity index (χ2n) is 5.93. The van der Waals surface area contributed by atoms with E-state index in [2.05, 4.69) is 4.90 Å². The van der Waals surface area contributed by atoms with E-state index in [1.165, 1.54) is 12.1 Å². The van der Waals surface area contributed by atoms with E-state index in [4.69, 9.17) is 5.26 Å². The number of nitriles is 1. The summed E-state index contributed by atoms with van der Waals surface area (Å²) in [6.07, 6.45) is 0.815. The van der Waals surface area contributed by atoms with Crippen LogP contribution in [0.4, 0.5) is 4.39 Å². The molecule has 1 saturated heterocycles. The standard InChI is InChI=1S/C17H22FN3O2/c1-20(9-2-8-19)17(23)7-10-21-12-15(22)11-16(21)13-3-5-14(18)6-4-13/h3-6,15-16,22H,2,7,9-12H2,1H3/t15-,16+/m1/s1. The SMILES string of the molecule is CN(CCC#N)C(=O)CCN1C[C@H](O)C[C@H]1c1ccc(F)cc1. The van der Waals surface area contributed by atoms with Crippen molar-refractivity contribution in [3.05, 3.63) is 35.6 Å². The number of rotatable bonds is 6. The number of likely N-dealkylation sites (tertiary alicyclic amines) is 1. The van der Waals surface area contributed by atoms with Gasteiger partial charge >= 0.3 is 0 Å². The number of aliphatic hydroxyl groups excluding tert-OH is 1. The van der Waals surface area contributed by atoms with E-state index in [1.54, 1.807) is 24.1 Å². The van der Waals surface area contributed by atoms with E-state index in [0.717, 1.165) is 5.56 Å². The topological polar surface area (TPSA) is 67.6 Å². The molecule has 6 heteroatoms. The van der Waals surface area contributed by atoms with Crippen molar-refractivity contribution >= 4 is 5.91 Å². The molecule has 2 rings (SSSR count). The van der Waals surface area contributed by atoms with E-state index in [1.807, 2.05) is 6.07 Å². The summed E-state index contributed by atoms with van der Waals surface area (Å²) in [4.78, 5) is 15.7. The van der Waals surface area contributed by atoms with Gasteiger partial charge in [-0.3, -0.25) is 9.69 Å². The van der Waals surface area contributed by atoms with Crippen molar-refractivity contribution in [3.8, 4) is 6.07 Å². The summed E-state index contributed by atoms with van der Waals surface area (Å²) < 4.78 is 13.1. The zero-order chi connectivity index (χ0) is 16.8. The molecule has 1 aliphatic heterocycles. The van der Waals surface area contributed by atoms with Crippen molar-refractivity contribution in [2.75, 3.05) is 26.7 Å². The van der Waals surface area contributed by atoms with Gasteiger partial charge in [0.05, 0.1) is 18.6 Å². The molecule has 5 nitrogen and oxygen atoms in total. The first-order valence-corrected chi connectivity index (χ1v) is 7.79. The van der Waals surface area contributed by atoms with Gasteiger partial charge in [-0.1, -0.05) is 12.1 Å². The fraction of sp³-hybridized carbons (Fsp3) is 0.529. The maximum absolute atomic E-state index is 13.1. The summed E-state index contributed by atoms with van der Waals surface area (Å²) >= 11 is 0. The van der Waals surface area contributed by atoms with Crippen LogP contribution in [0.5, 0.6) is 0 Å². The van der Waals surface area contributed by atoms with Crippen LogP contribution in [0.3, 0.4) is 0 Å². The van der Waals surface area contributed by atoms with Gasteiger partial charge < -0.3 is 10.0 Å². The van der Waals surface area contributed by atoms with Gasteiger partial charge in [0.1, 0.15) is 5.82 Å². The van der Waals surface area contributed by atoms with Gasteiger partial charge in [-0.2, -0.15) is 5.26 Å². The molecule has 0 aliphatic carbocycles. The van der Waals surface area contributed by atoms with Gasteiger partial charge in [0.15, 0.2) is 0 Å². The molecule has 0 spiro atoms. The fourth-order valence-electron chi connectivity index (χ4n) is 2.93. The number of aliphatic hydroxyl groups is 1. The van der Waals surface area contributed by atoms with Crippen LogP contribution in [0.1, 0.15) is 30.9 Å². The van der Waals surface area contributed by atoms with Crippen molar-refractivity contribution in [2.24, 2.45) is 0 Å². The van der Waals surface area contributed by atoms with Crippen LogP contribution in [0.15, 0.2) is 24.3 Å². The predicted octanol–water partition coefficient (Wildman–Crippen LogP) is 1.70. The second kappa shape index (κ2) is 8.04. The quantitative estimate of drug-likeness (QED) is 0.866. The Balaban J connectivity index is 1.93. The van der Waals surface area contributed by atoms with Gasteiger partial charge in [0.2, 0.25) is 5.91 Å². The average molecular weight is 319 g/mol. The maximum atomic E-state index is 13.1. The van der Waals surface area contributed by atoms with Crippen LogP contribution in [-0.2, 0) is 4.79 Å². The third-order valence-corrected chi connectivity index (χ3v) is 4.23. The Labute approximate surface area is 135 Å². The summed E-state index contributed by atoms with van der Waals surface area (Å²) in [5.74, 6) is -0.298. The molecule has 124 valence electrons. The molecule has 1 N–H and O–H groups in total. The van der Waals surface area contributed by atoms with E-state index in [9.17, 15) is 14.3 Å². The highest BCUT2D eigenvalue weighted by atomic mass is 19.1. The molecular formula is C17H22FN3O2. The first-order chi connectivity index (χ1) is 11.0.